The summed E-state index contributed by atoms with van der Waals surface area (Å²) in [5, 5.41) is 9.73. The number of amides is 2. The molecule has 1 spiro atoms. The molecule has 36 heavy (non-hydrogen) atoms. The lowest BCUT2D eigenvalue weighted by Crippen LogP contribution is -2.46. The van der Waals surface area contributed by atoms with Crippen molar-refractivity contribution in [3.63, 3.8) is 0 Å². The first-order valence-electron chi connectivity index (χ1n) is 12.2. The zero-order valence-electron chi connectivity index (χ0n) is 20.6. The van der Waals surface area contributed by atoms with E-state index in [2.05, 4.69) is 15.9 Å². The molecule has 192 valence electrons. The fraction of sp³-hybridized carbons (Fsp3) is 0.462. The number of anilines is 2. The maximum Gasteiger partial charge on any atom is 0.414 e. The Kier molecular flexibility index (Phi) is 6.53. The predicted molar refractivity (Wildman–Crippen MR) is 141 cm³/mol. The Labute approximate surface area is 220 Å². The van der Waals surface area contributed by atoms with E-state index >= 15 is 0 Å². The Bertz CT molecular complexity index is 1200. The lowest BCUT2D eigenvalue weighted by molar-refractivity contribution is -0.146. The van der Waals surface area contributed by atoms with Gasteiger partial charge in [-0.15, -0.1) is 0 Å². The van der Waals surface area contributed by atoms with Gasteiger partial charge in [-0.3, -0.25) is 9.69 Å². The quantitative estimate of drug-likeness (QED) is 0.503. The van der Waals surface area contributed by atoms with Gasteiger partial charge in [0.05, 0.1) is 24.9 Å². The first kappa shape index (κ1) is 25.4. The fourth-order valence-corrected chi connectivity index (χ4v) is 9.20. The number of benzene rings is 2. The summed E-state index contributed by atoms with van der Waals surface area (Å²) in [7, 11) is -2.74. The van der Waals surface area contributed by atoms with Gasteiger partial charge in [0.2, 0.25) is 0 Å². The van der Waals surface area contributed by atoms with Crippen LogP contribution in [-0.2, 0) is 26.4 Å². The highest BCUT2D eigenvalue weighted by molar-refractivity contribution is 9.10. The van der Waals surface area contributed by atoms with E-state index in [-0.39, 0.29) is 30.1 Å². The summed E-state index contributed by atoms with van der Waals surface area (Å²) in [6, 6.07) is 13.3. The van der Waals surface area contributed by atoms with Gasteiger partial charge in [-0.25, -0.2) is 4.79 Å². The summed E-state index contributed by atoms with van der Waals surface area (Å²) in [6.07, 6.45) is -0.432. The largest absolute Gasteiger partial charge is 0.447 e. The van der Waals surface area contributed by atoms with Crippen molar-refractivity contribution in [2.75, 3.05) is 29.6 Å². The molecule has 0 aliphatic carbocycles. The number of carbonyl (C=O) groups is 2. The van der Waals surface area contributed by atoms with E-state index in [1.807, 2.05) is 62.5 Å². The molecule has 5 rings (SSSR count). The van der Waals surface area contributed by atoms with Gasteiger partial charge in [0.25, 0.3) is 5.91 Å². The molecule has 3 aliphatic heterocycles. The monoisotopic (exact) mass is 574 g/mol. The zero-order valence-corrected chi connectivity index (χ0v) is 23.2. The molecule has 0 aromatic heterocycles. The van der Waals surface area contributed by atoms with E-state index in [9.17, 15) is 19.5 Å². The number of halogens is 1. The minimum Gasteiger partial charge on any atom is -0.447 e. The van der Waals surface area contributed by atoms with Gasteiger partial charge in [-0.05, 0) is 55.4 Å². The van der Waals surface area contributed by atoms with Gasteiger partial charge in [-0.1, -0.05) is 35.0 Å². The second kappa shape index (κ2) is 9.25. The number of hydrogen-bond donors (Lipinski definition) is 2. The van der Waals surface area contributed by atoms with Crippen molar-refractivity contribution >= 4 is 47.6 Å². The van der Waals surface area contributed by atoms with E-state index < -0.39 is 20.0 Å². The summed E-state index contributed by atoms with van der Waals surface area (Å²) in [5.74, 6) is -0.449. The van der Waals surface area contributed by atoms with Gasteiger partial charge >= 0.3 is 6.09 Å². The molecule has 0 bridgehead atoms. The lowest BCUT2D eigenvalue weighted by Gasteiger charge is -2.32. The first-order valence-corrected chi connectivity index (χ1v) is 16.1. The summed E-state index contributed by atoms with van der Waals surface area (Å²) in [6.45, 7) is 6.79. The maximum absolute atomic E-state index is 14.3. The van der Waals surface area contributed by atoms with Crippen LogP contribution in [0.25, 0.3) is 0 Å². The molecule has 2 saturated heterocycles. The van der Waals surface area contributed by atoms with Crippen molar-refractivity contribution in [2.45, 2.75) is 50.2 Å². The topological polar surface area (TPSA) is 99.5 Å². The molecule has 2 N–H and O–H groups in total. The second-order valence-electron chi connectivity index (χ2n) is 10.4. The smallest absolute Gasteiger partial charge is 0.414 e. The van der Waals surface area contributed by atoms with Crippen molar-refractivity contribution < 1.29 is 29.0 Å². The molecule has 3 heterocycles. The lowest BCUT2D eigenvalue weighted by atomic mass is 9.82. The van der Waals surface area contributed by atoms with Crippen LogP contribution in [0.5, 0.6) is 0 Å². The molecule has 4 atom stereocenters. The number of rotatable bonds is 6. The molecule has 2 fully saturated rings. The molecule has 10 heteroatoms. The van der Waals surface area contributed by atoms with Crippen LogP contribution in [0, 0.1) is 5.92 Å². The van der Waals surface area contributed by atoms with Crippen molar-refractivity contribution in [3.05, 3.63) is 58.1 Å². The number of nitrogens with zero attached hydrogens (tertiary/aromatic N) is 2. The molecular formula is C26H31BrN2O6Si. The van der Waals surface area contributed by atoms with Crippen molar-refractivity contribution in [1.82, 2.24) is 0 Å². The highest BCUT2D eigenvalue weighted by atomic mass is 79.9. The van der Waals surface area contributed by atoms with E-state index in [1.165, 1.54) is 0 Å². The average Bonchev–Trinajstić information content (AvgIpc) is 3.44. The molecule has 8 nitrogen and oxygen atoms in total. The minimum absolute atomic E-state index is 0.0799. The number of cyclic esters (lactones) is 1. The van der Waals surface area contributed by atoms with Crippen LogP contribution in [0.4, 0.5) is 16.2 Å². The molecular weight excluding hydrogens is 544 g/mol. The number of fused-ring (bicyclic) bond motifs is 2. The van der Waals surface area contributed by atoms with Crippen LogP contribution in [0.1, 0.15) is 24.5 Å². The Morgan fingerprint density at radius 3 is 2.64 bits per heavy atom. The molecule has 0 saturated carbocycles. The molecule has 3 aliphatic rings. The Morgan fingerprint density at radius 1 is 1.19 bits per heavy atom. The summed E-state index contributed by atoms with van der Waals surface area (Å²) in [5.41, 5.74) is 1.68. The Morgan fingerprint density at radius 2 is 1.97 bits per heavy atom. The van der Waals surface area contributed by atoms with Crippen molar-refractivity contribution in [1.29, 1.82) is 0 Å². The number of hydrogen-bond acceptors (Lipinski definition) is 6. The zero-order chi connectivity index (χ0) is 25.8. The van der Waals surface area contributed by atoms with E-state index in [1.54, 1.807) is 9.80 Å². The number of carbonyl (C=O) groups excluding carboxylic acids is 2. The normalized spacial score (nSPS) is 27.8. The van der Waals surface area contributed by atoms with Gasteiger partial charge in [0, 0.05) is 33.8 Å². The molecule has 0 radical (unpaired) electrons. The molecule has 2 amide bonds. The van der Waals surface area contributed by atoms with E-state index in [0.29, 0.717) is 26.1 Å². The Balaban J connectivity index is 1.55. The summed E-state index contributed by atoms with van der Waals surface area (Å²) in [4.78, 5) is 40.9. The van der Waals surface area contributed by atoms with Crippen LogP contribution < -0.4 is 9.80 Å². The number of aliphatic hydroxyl groups is 1. The van der Waals surface area contributed by atoms with Crippen LogP contribution in [0.3, 0.4) is 0 Å². The minimum atomic E-state index is -2.74. The van der Waals surface area contributed by atoms with Crippen molar-refractivity contribution in [2.24, 2.45) is 5.92 Å². The SMILES string of the molecule is C[C@H]1[C@H]([Si](C)(C)O)[C@@H](CCO)O[C@]12C(=O)N(Cc1cccc(N3CCOC3=O)c1)c1ccc(Br)cc12. The highest BCUT2D eigenvalue weighted by Gasteiger charge is 2.66. The fourth-order valence-electron chi connectivity index (χ4n) is 6.24. The van der Waals surface area contributed by atoms with Gasteiger partial charge in [-0.2, -0.15) is 0 Å². The van der Waals surface area contributed by atoms with Crippen LogP contribution >= 0.6 is 15.9 Å². The molecule has 2 aromatic rings. The third-order valence-corrected chi connectivity index (χ3v) is 10.7. The Hall–Kier alpha value is -2.24. The average molecular weight is 576 g/mol. The van der Waals surface area contributed by atoms with Crippen LogP contribution in [0.2, 0.25) is 18.6 Å². The van der Waals surface area contributed by atoms with E-state index in [4.69, 9.17) is 9.47 Å². The highest BCUT2D eigenvalue weighted by Crippen LogP contribution is 2.60. The van der Waals surface area contributed by atoms with Gasteiger partial charge < -0.3 is 24.3 Å². The summed E-state index contributed by atoms with van der Waals surface area (Å²) >= 11 is 3.56. The van der Waals surface area contributed by atoms with Crippen LogP contribution in [0.15, 0.2) is 46.9 Å². The van der Waals surface area contributed by atoms with Gasteiger partial charge in [0.15, 0.2) is 13.9 Å². The standard InChI is InChI=1S/C26H31BrN2O6Si/c1-16-23(36(2,3)33)22(9-11-30)35-26(16)20-14-18(27)7-8-21(20)29(24(26)31)15-17-5-4-6-19(13-17)28-10-12-34-25(28)32/h4-8,13-14,16,22-23,30,33H,9-12,15H2,1-3H3/t16-,22+,23-,26+/m0/s1. The first-order chi connectivity index (χ1) is 17.1. The molecule has 0 unspecified atom stereocenters. The second-order valence-corrected chi connectivity index (χ2v) is 15.3. The third kappa shape index (κ3) is 3.99. The maximum atomic E-state index is 14.3. The van der Waals surface area contributed by atoms with Gasteiger partial charge in [0.1, 0.15) is 6.61 Å². The third-order valence-electron chi connectivity index (χ3n) is 7.68. The number of ether oxygens (including phenoxy) is 2. The predicted octanol–water partition coefficient (Wildman–Crippen LogP) is 4.13. The van der Waals surface area contributed by atoms with Crippen LogP contribution in [-0.4, -0.2) is 56.1 Å². The number of aliphatic hydroxyl groups excluding tert-OH is 1. The van der Waals surface area contributed by atoms with E-state index in [0.717, 1.165) is 27.0 Å². The van der Waals surface area contributed by atoms with Crippen molar-refractivity contribution in [3.8, 4) is 0 Å². The summed E-state index contributed by atoms with van der Waals surface area (Å²) < 4.78 is 12.5. The molecule has 2 aromatic carbocycles.